The maximum atomic E-state index is 12.9. The molecule has 0 aromatic carbocycles. The number of aromatic nitrogens is 4. The molecule has 1 saturated heterocycles. The second-order valence-electron chi connectivity index (χ2n) is 5.68. The molecule has 26 heavy (non-hydrogen) atoms. The molecular weight excluding hydrogens is 360 g/mol. The van der Waals surface area contributed by atoms with Gasteiger partial charge in [0.1, 0.15) is 12.1 Å². The summed E-state index contributed by atoms with van der Waals surface area (Å²) in [4.78, 5) is 35.3. The zero-order chi connectivity index (χ0) is 18.7. The smallest absolute Gasteiger partial charge is 0.331 e. The largest absolute Gasteiger partial charge is 0.468 e. The normalized spacial score (nSPS) is 14.2. The number of imidazole rings is 1. The van der Waals surface area contributed by atoms with Crippen LogP contribution in [0, 0.1) is 11.8 Å². The number of hydrogen-bond acceptors (Lipinski definition) is 7. The number of carbonyl (C=O) groups is 1. The molecule has 0 bridgehead atoms. The molecule has 0 aliphatic carbocycles. The van der Waals surface area contributed by atoms with Crippen molar-refractivity contribution in [2.24, 2.45) is 0 Å². The van der Waals surface area contributed by atoms with E-state index in [0.717, 1.165) is 26.2 Å². The quantitative estimate of drug-likeness (QED) is 0.449. The van der Waals surface area contributed by atoms with Gasteiger partial charge < -0.3 is 15.0 Å². The lowest BCUT2D eigenvalue weighted by Crippen LogP contribution is -2.44. The van der Waals surface area contributed by atoms with E-state index >= 15 is 0 Å². The first kappa shape index (κ1) is 18.2. The van der Waals surface area contributed by atoms with Gasteiger partial charge >= 0.3 is 11.7 Å². The van der Waals surface area contributed by atoms with E-state index in [9.17, 15) is 9.59 Å². The van der Waals surface area contributed by atoms with Crippen molar-refractivity contribution in [1.29, 1.82) is 0 Å². The third-order valence-corrected chi connectivity index (χ3v) is 4.32. The van der Waals surface area contributed by atoms with Crippen molar-refractivity contribution in [1.82, 2.24) is 24.4 Å². The number of nitrogens with zero attached hydrogens (tertiary/aromatic N) is 5. The fourth-order valence-corrected chi connectivity index (χ4v) is 3.07. The van der Waals surface area contributed by atoms with Gasteiger partial charge in [-0.2, -0.15) is 9.97 Å². The zero-order valence-corrected chi connectivity index (χ0v) is 15.3. The van der Waals surface area contributed by atoms with Crippen LogP contribution in [0.1, 0.15) is 6.92 Å². The number of carbonyl (C=O) groups excluding carboxylic acids is 1. The van der Waals surface area contributed by atoms with Crippen LogP contribution in [0.3, 0.4) is 0 Å². The van der Waals surface area contributed by atoms with Crippen LogP contribution in [0.5, 0.6) is 0 Å². The van der Waals surface area contributed by atoms with E-state index in [4.69, 9.17) is 16.3 Å². The van der Waals surface area contributed by atoms with Crippen LogP contribution < -0.4 is 15.9 Å². The average molecular weight is 379 g/mol. The SMILES string of the molecule is CC#CCn1c(=O)n(CC(=O)OC)c2nc(Cl)nc(N3CCNCC3)c21. The minimum atomic E-state index is -0.550. The Kier molecular flexibility index (Phi) is 5.44. The molecule has 2 aromatic heterocycles. The van der Waals surface area contributed by atoms with Crippen LogP contribution in [-0.2, 0) is 22.6 Å². The molecule has 3 heterocycles. The number of ether oxygens (including phenoxy) is 1. The summed E-state index contributed by atoms with van der Waals surface area (Å²) < 4.78 is 7.42. The fraction of sp³-hybridized carbons (Fsp3) is 0.500. The second-order valence-corrected chi connectivity index (χ2v) is 6.02. The third-order valence-electron chi connectivity index (χ3n) is 4.15. The predicted molar refractivity (Wildman–Crippen MR) is 97.3 cm³/mol. The lowest BCUT2D eigenvalue weighted by atomic mass is 10.3. The van der Waals surface area contributed by atoms with Crippen molar-refractivity contribution in [2.75, 3.05) is 38.2 Å². The number of fused-ring (bicyclic) bond motifs is 1. The van der Waals surface area contributed by atoms with Gasteiger partial charge in [0.15, 0.2) is 11.5 Å². The molecule has 2 aromatic rings. The summed E-state index contributed by atoms with van der Waals surface area (Å²) >= 11 is 6.12. The highest BCUT2D eigenvalue weighted by Crippen LogP contribution is 2.25. The van der Waals surface area contributed by atoms with Gasteiger partial charge in [-0.3, -0.25) is 13.9 Å². The van der Waals surface area contributed by atoms with Gasteiger partial charge in [-0.1, -0.05) is 5.92 Å². The Bertz CT molecular complexity index is 949. The Labute approximate surface area is 154 Å². The van der Waals surface area contributed by atoms with Crippen molar-refractivity contribution in [2.45, 2.75) is 20.0 Å². The van der Waals surface area contributed by atoms with Gasteiger partial charge in [0.05, 0.1) is 13.7 Å². The molecule has 1 fully saturated rings. The summed E-state index contributed by atoms with van der Waals surface area (Å²) in [5.74, 6) is 5.69. The predicted octanol–water partition coefficient (Wildman–Crippen LogP) is -0.148. The third kappa shape index (κ3) is 3.38. The number of halogens is 1. The standard InChI is InChI=1S/C16H19ClN6O3/c1-3-4-7-22-12-13(21-8-5-18-6-9-21)19-15(17)20-14(12)23(16(22)25)10-11(24)26-2/h18H,5-10H2,1-2H3. The Morgan fingerprint density at radius 3 is 2.69 bits per heavy atom. The van der Waals surface area contributed by atoms with Crippen LogP contribution in [0.2, 0.25) is 5.28 Å². The van der Waals surface area contributed by atoms with E-state index in [1.54, 1.807) is 6.92 Å². The summed E-state index contributed by atoms with van der Waals surface area (Å²) in [6.07, 6.45) is 0. The topological polar surface area (TPSA) is 94.3 Å². The van der Waals surface area contributed by atoms with Crippen molar-refractivity contribution >= 4 is 34.6 Å². The molecule has 0 amide bonds. The van der Waals surface area contributed by atoms with Gasteiger partial charge in [0.25, 0.3) is 0 Å². The highest BCUT2D eigenvalue weighted by atomic mass is 35.5. The van der Waals surface area contributed by atoms with Crippen LogP contribution in [0.4, 0.5) is 5.82 Å². The molecule has 0 radical (unpaired) electrons. The van der Waals surface area contributed by atoms with Crippen molar-refractivity contribution in [3.63, 3.8) is 0 Å². The van der Waals surface area contributed by atoms with Gasteiger partial charge in [-0.15, -0.1) is 5.92 Å². The molecule has 0 unspecified atom stereocenters. The lowest BCUT2D eigenvalue weighted by molar-refractivity contribution is -0.141. The number of esters is 1. The second kappa shape index (κ2) is 7.76. The summed E-state index contributed by atoms with van der Waals surface area (Å²) in [6, 6.07) is 0. The van der Waals surface area contributed by atoms with Crippen molar-refractivity contribution < 1.29 is 9.53 Å². The van der Waals surface area contributed by atoms with Crippen LogP contribution in [0.25, 0.3) is 11.2 Å². The zero-order valence-electron chi connectivity index (χ0n) is 14.6. The Balaban J connectivity index is 2.26. The van der Waals surface area contributed by atoms with Crippen LogP contribution >= 0.6 is 11.6 Å². The number of hydrogen-bond donors (Lipinski definition) is 1. The fourth-order valence-electron chi connectivity index (χ4n) is 2.91. The molecule has 9 nitrogen and oxygen atoms in total. The van der Waals surface area contributed by atoms with E-state index in [1.807, 2.05) is 4.90 Å². The number of anilines is 1. The van der Waals surface area contributed by atoms with Crippen LogP contribution in [0.15, 0.2) is 4.79 Å². The molecular formula is C16H19ClN6O3. The number of piperazine rings is 1. The van der Waals surface area contributed by atoms with Crippen LogP contribution in [-0.4, -0.2) is 58.4 Å². The highest BCUT2D eigenvalue weighted by Gasteiger charge is 2.25. The van der Waals surface area contributed by atoms with Gasteiger partial charge in [-0.25, -0.2) is 4.79 Å². The summed E-state index contributed by atoms with van der Waals surface area (Å²) in [5.41, 5.74) is 0.417. The Morgan fingerprint density at radius 1 is 1.31 bits per heavy atom. The van der Waals surface area contributed by atoms with Gasteiger partial charge in [-0.05, 0) is 18.5 Å². The number of nitrogens with one attached hydrogen (secondary N) is 1. The van der Waals surface area contributed by atoms with E-state index in [-0.39, 0.29) is 18.4 Å². The Hall–Kier alpha value is -2.57. The molecule has 1 N–H and O–H groups in total. The molecule has 1 aliphatic heterocycles. The lowest BCUT2D eigenvalue weighted by Gasteiger charge is -2.28. The molecule has 1 aliphatic rings. The van der Waals surface area contributed by atoms with Gasteiger partial charge in [0.2, 0.25) is 5.28 Å². The highest BCUT2D eigenvalue weighted by molar-refractivity contribution is 6.28. The van der Waals surface area contributed by atoms with Crippen molar-refractivity contribution in [3.05, 3.63) is 15.8 Å². The van der Waals surface area contributed by atoms with Crippen molar-refractivity contribution in [3.8, 4) is 11.8 Å². The first-order chi connectivity index (χ1) is 12.6. The average Bonchev–Trinajstić information content (AvgIpc) is 2.91. The monoisotopic (exact) mass is 378 g/mol. The van der Waals surface area contributed by atoms with E-state index in [0.29, 0.717) is 17.0 Å². The Morgan fingerprint density at radius 2 is 2.04 bits per heavy atom. The number of rotatable bonds is 4. The molecule has 0 saturated carbocycles. The molecule has 0 spiro atoms. The molecule has 0 atom stereocenters. The van der Waals surface area contributed by atoms with E-state index < -0.39 is 11.7 Å². The number of methoxy groups -OCH3 is 1. The molecule has 10 heteroatoms. The maximum absolute atomic E-state index is 12.9. The van der Waals surface area contributed by atoms with E-state index in [2.05, 4.69) is 27.1 Å². The summed E-state index contributed by atoms with van der Waals surface area (Å²) in [6.45, 7) is 4.65. The van der Waals surface area contributed by atoms with E-state index in [1.165, 1.54) is 16.2 Å². The first-order valence-electron chi connectivity index (χ1n) is 8.15. The summed E-state index contributed by atoms with van der Waals surface area (Å²) in [7, 11) is 1.27. The minimum absolute atomic E-state index is 0.0170. The summed E-state index contributed by atoms with van der Waals surface area (Å²) in [5, 5.41) is 3.29. The molecule has 138 valence electrons. The minimum Gasteiger partial charge on any atom is -0.468 e. The maximum Gasteiger partial charge on any atom is 0.331 e. The molecule has 3 rings (SSSR count). The first-order valence-corrected chi connectivity index (χ1v) is 8.53. The van der Waals surface area contributed by atoms with Gasteiger partial charge in [0, 0.05) is 26.2 Å².